The van der Waals surface area contributed by atoms with Crippen LogP contribution in [0.5, 0.6) is 5.75 Å². The first-order chi connectivity index (χ1) is 12.7. The second kappa shape index (κ2) is 9.14. The molecule has 3 rings (SSSR count). The van der Waals surface area contributed by atoms with Crippen LogP contribution in [0.15, 0.2) is 35.7 Å². The lowest BCUT2D eigenvalue weighted by Gasteiger charge is -2.34. The molecule has 2 aromatic rings. The quantitative estimate of drug-likeness (QED) is 0.741. The molecule has 6 heteroatoms. The van der Waals surface area contributed by atoms with Gasteiger partial charge in [-0.1, -0.05) is 12.1 Å². The SMILES string of the molecule is COc1ccc(CN2CCN(C(=O)CCCc3cccs3)CC2)cc1F. The summed E-state index contributed by atoms with van der Waals surface area (Å²) in [6.07, 6.45) is 2.50. The van der Waals surface area contributed by atoms with E-state index in [4.69, 9.17) is 4.74 Å². The predicted molar refractivity (Wildman–Crippen MR) is 102 cm³/mol. The van der Waals surface area contributed by atoms with Crippen molar-refractivity contribution in [2.45, 2.75) is 25.8 Å². The second-order valence-electron chi connectivity index (χ2n) is 6.56. The molecule has 0 bridgehead atoms. The third-order valence-electron chi connectivity index (χ3n) is 4.74. The smallest absolute Gasteiger partial charge is 0.222 e. The van der Waals surface area contributed by atoms with Crippen LogP contribution in [-0.4, -0.2) is 49.0 Å². The molecule has 4 nitrogen and oxygen atoms in total. The van der Waals surface area contributed by atoms with Gasteiger partial charge in [-0.3, -0.25) is 9.69 Å². The summed E-state index contributed by atoms with van der Waals surface area (Å²) in [5, 5.41) is 2.07. The van der Waals surface area contributed by atoms with Gasteiger partial charge >= 0.3 is 0 Å². The second-order valence-corrected chi connectivity index (χ2v) is 7.59. The normalized spacial score (nSPS) is 15.2. The number of nitrogens with zero attached hydrogens (tertiary/aromatic N) is 2. The van der Waals surface area contributed by atoms with Crippen LogP contribution >= 0.6 is 11.3 Å². The zero-order valence-corrected chi connectivity index (χ0v) is 15.9. The van der Waals surface area contributed by atoms with Gasteiger partial charge in [0, 0.05) is 44.0 Å². The number of amides is 1. The number of halogens is 1. The number of benzene rings is 1. The number of aryl methyl sites for hydroxylation is 1. The van der Waals surface area contributed by atoms with Crippen molar-refractivity contribution in [1.82, 2.24) is 9.80 Å². The summed E-state index contributed by atoms with van der Waals surface area (Å²) in [4.78, 5) is 17.9. The van der Waals surface area contributed by atoms with Crippen molar-refractivity contribution in [3.05, 3.63) is 52.0 Å². The summed E-state index contributed by atoms with van der Waals surface area (Å²) in [5.41, 5.74) is 0.930. The molecule has 1 aromatic carbocycles. The molecule has 0 unspecified atom stereocenters. The highest BCUT2D eigenvalue weighted by atomic mass is 32.1. The highest BCUT2D eigenvalue weighted by Gasteiger charge is 2.21. The largest absolute Gasteiger partial charge is 0.494 e. The van der Waals surface area contributed by atoms with Crippen LogP contribution in [0.4, 0.5) is 4.39 Å². The Kier molecular flexibility index (Phi) is 6.63. The fourth-order valence-corrected chi connectivity index (χ4v) is 4.00. The molecule has 26 heavy (non-hydrogen) atoms. The van der Waals surface area contributed by atoms with Crippen molar-refractivity contribution in [2.75, 3.05) is 33.3 Å². The number of carbonyl (C=O) groups is 1. The van der Waals surface area contributed by atoms with Crippen LogP contribution in [0.2, 0.25) is 0 Å². The third kappa shape index (κ3) is 5.05. The molecule has 1 amide bonds. The van der Waals surface area contributed by atoms with Gasteiger partial charge in [0.25, 0.3) is 0 Å². The minimum absolute atomic E-state index is 0.247. The minimum atomic E-state index is -0.329. The lowest BCUT2D eigenvalue weighted by Crippen LogP contribution is -2.48. The van der Waals surface area contributed by atoms with E-state index < -0.39 is 0 Å². The Hall–Kier alpha value is -1.92. The number of piperazine rings is 1. The Morgan fingerprint density at radius 1 is 1.23 bits per heavy atom. The number of thiophene rings is 1. The number of hydrogen-bond donors (Lipinski definition) is 0. The van der Waals surface area contributed by atoms with Gasteiger partial charge in [0.2, 0.25) is 5.91 Å². The van der Waals surface area contributed by atoms with E-state index in [1.54, 1.807) is 17.4 Å². The zero-order chi connectivity index (χ0) is 18.4. The molecule has 0 spiro atoms. The summed E-state index contributed by atoms with van der Waals surface area (Å²) in [7, 11) is 1.47. The molecule has 1 fully saturated rings. The maximum absolute atomic E-state index is 13.8. The van der Waals surface area contributed by atoms with Crippen molar-refractivity contribution in [2.24, 2.45) is 0 Å². The molecule has 0 N–H and O–H groups in total. The first kappa shape index (κ1) is 18.9. The summed E-state index contributed by atoms with van der Waals surface area (Å²) >= 11 is 1.75. The number of rotatable bonds is 7. The van der Waals surface area contributed by atoms with Gasteiger partial charge in [-0.25, -0.2) is 4.39 Å². The first-order valence-electron chi connectivity index (χ1n) is 9.00. The van der Waals surface area contributed by atoms with E-state index in [2.05, 4.69) is 22.4 Å². The molecule has 140 valence electrons. The van der Waals surface area contributed by atoms with Crippen molar-refractivity contribution in [1.29, 1.82) is 0 Å². The molecule has 1 saturated heterocycles. The van der Waals surface area contributed by atoms with Crippen molar-refractivity contribution in [3.63, 3.8) is 0 Å². The number of hydrogen-bond acceptors (Lipinski definition) is 4. The molecule has 1 aliphatic rings. The lowest BCUT2D eigenvalue weighted by molar-refractivity contribution is -0.133. The maximum Gasteiger partial charge on any atom is 0.222 e. The topological polar surface area (TPSA) is 32.8 Å². The molecule has 2 heterocycles. The summed E-state index contributed by atoms with van der Waals surface area (Å²) in [6.45, 7) is 3.84. The maximum atomic E-state index is 13.8. The number of methoxy groups -OCH3 is 1. The third-order valence-corrected chi connectivity index (χ3v) is 5.68. The van der Waals surface area contributed by atoms with Crippen LogP contribution < -0.4 is 4.74 Å². The fourth-order valence-electron chi connectivity index (χ4n) is 3.25. The molecule has 0 saturated carbocycles. The van der Waals surface area contributed by atoms with Gasteiger partial charge < -0.3 is 9.64 Å². The molecule has 0 radical (unpaired) electrons. The Morgan fingerprint density at radius 3 is 2.69 bits per heavy atom. The summed E-state index contributed by atoms with van der Waals surface area (Å²) in [6, 6.07) is 9.26. The van der Waals surface area contributed by atoms with Crippen molar-refractivity contribution >= 4 is 17.2 Å². The molecular formula is C20H25FN2O2S. The molecule has 0 aliphatic carbocycles. The van der Waals surface area contributed by atoms with Gasteiger partial charge in [-0.2, -0.15) is 0 Å². The summed E-state index contributed by atoms with van der Waals surface area (Å²) < 4.78 is 18.8. The van der Waals surface area contributed by atoms with E-state index in [9.17, 15) is 9.18 Å². The van der Waals surface area contributed by atoms with Gasteiger partial charge in [-0.15, -0.1) is 11.3 Å². The van der Waals surface area contributed by atoms with Crippen LogP contribution in [0.1, 0.15) is 23.3 Å². The highest BCUT2D eigenvalue weighted by molar-refractivity contribution is 7.09. The van der Waals surface area contributed by atoms with E-state index >= 15 is 0 Å². The number of ether oxygens (including phenoxy) is 1. The van der Waals surface area contributed by atoms with Gasteiger partial charge in [0.15, 0.2) is 11.6 Å². The van der Waals surface area contributed by atoms with Crippen LogP contribution in [0, 0.1) is 5.82 Å². The highest BCUT2D eigenvalue weighted by Crippen LogP contribution is 2.19. The molecule has 1 aliphatic heterocycles. The van der Waals surface area contributed by atoms with Crippen LogP contribution in [0.3, 0.4) is 0 Å². The van der Waals surface area contributed by atoms with Gasteiger partial charge in [0.1, 0.15) is 0 Å². The Bertz CT molecular complexity index is 713. The number of carbonyl (C=O) groups excluding carboxylic acids is 1. The Labute approximate surface area is 158 Å². The predicted octanol–water partition coefficient (Wildman–Crippen LogP) is 3.56. The van der Waals surface area contributed by atoms with Crippen molar-refractivity contribution in [3.8, 4) is 5.75 Å². The average molecular weight is 376 g/mol. The molecule has 0 atom stereocenters. The van der Waals surface area contributed by atoms with Crippen LogP contribution in [-0.2, 0) is 17.8 Å². The van der Waals surface area contributed by atoms with Gasteiger partial charge in [-0.05, 0) is 42.0 Å². The first-order valence-corrected chi connectivity index (χ1v) is 9.88. The van der Waals surface area contributed by atoms with E-state index in [0.717, 1.165) is 44.6 Å². The average Bonchev–Trinajstić information content (AvgIpc) is 3.16. The zero-order valence-electron chi connectivity index (χ0n) is 15.1. The minimum Gasteiger partial charge on any atom is -0.494 e. The summed E-state index contributed by atoms with van der Waals surface area (Å²) in [5.74, 6) is 0.188. The van der Waals surface area contributed by atoms with E-state index in [1.165, 1.54) is 18.1 Å². The van der Waals surface area contributed by atoms with E-state index in [0.29, 0.717) is 13.0 Å². The lowest BCUT2D eigenvalue weighted by atomic mass is 10.1. The van der Waals surface area contributed by atoms with Crippen LogP contribution in [0.25, 0.3) is 0 Å². The van der Waals surface area contributed by atoms with E-state index in [-0.39, 0.29) is 17.5 Å². The molecule has 1 aromatic heterocycles. The van der Waals surface area contributed by atoms with Gasteiger partial charge in [0.05, 0.1) is 7.11 Å². The van der Waals surface area contributed by atoms with E-state index in [1.807, 2.05) is 11.0 Å². The standard InChI is InChI=1S/C20H25FN2O2S/c1-25-19-8-7-16(14-18(19)21)15-22-9-11-23(12-10-22)20(24)6-2-4-17-5-3-13-26-17/h3,5,7-8,13-14H,2,4,6,9-12,15H2,1H3. The Balaban J connectivity index is 1.40. The molecular weight excluding hydrogens is 351 g/mol. The Morgan fingerprint density at radius 2 is 2.04 bits per heavy atom. The van der Waals surface area contributed by atoms with Crippen molar-refractivity contribution < 1.29 is 13.9 Å². The monoisotopic (exact) mass is 376 g/mol. The fraction of sp³-hybridized carbons (Fsp3) is 0.450.